The molecule has 1 N–H and O–H groups in total. The van der Waals surface area contributed by atoms with Crippen molar-refractivity contribution >= 4 is 16.9 Å². The maximum absolute atomic E-state index is 13.4. The lowest BCUT2D eigenvalue weighted by Gasteiger charge is -2.07. The topological polar surface area (TPSA) is 77.4 Å². The Morgan fingerprint density at radius 2 is 2.07 bits per heavy atom. The van der Waals surface area contributed by atoms with Crippen LogP contribution in [0.2, 0.25) is 0 Å². The summed E-state index contributed by atoms with van der Waals surface area (Å²) in [5.41, 5.74) is 0.800. The standard InChI is InChI=1S/C21H17FN2O4/c1-13-18(20(25)23-11-16-6-3-9-27-16)19-17(28-13)7-8-24(21(19)26)12-14-4-2-5-15(22)10-14/h2-10H,11-12H2,1H3,(H,23,25). The molecule has 6 nitrogen and oxygen atoms in total. The summed E-state index contributed by atoms with van der Waals surface area (Å²) in [4.78, 5) is 25.7. The zero-order valence-electron chi connectivity index (χ0n) is 15.1. The van der Waals surface area contributed by atoms with Crippen LogP contribution in [0.5, 0.6) is 0 Å². The molecule has 4 rings (SSSR count). The van der Waals surface area contributed by atoms with E-state index >= 15 is 0 Å². The van der Waals surface area contributed by atoms with E-state index in [1.165, 1.54) is 23.0 Å². The second kappa shape index (κ2) is 7.19. The lowest BCUT2D eigenvalue weighted by molar-refractivity contribution is 0.0948. The molecule has 0 spiro atoms. The SMILES string of the molecule is Cc1oc2ccn(Cc3cccc(F)c3)c(=O)c2c1C(=O)NCc1ccco1. The van der Waals surface area contributed by atoms with Gasteiger partial charge in [-0.3, -0.25) is 9.59 Å². The summed E-state index contributed by atoms with van der Waals surface area (Å²) in [7, 11) is 0. The van der Waals surface area contributed by atoms with Gasteiger partial charge in [0.05, 0.1) is 30.3 Å². The lowest BCUT2D eigenvalue weighted by Crippen LogP contribution is -2.26. The number of aromatic nitrogens is 1. The van der Waals surface area contributed by atoms with Gasteiger partial charge >= 0.3 is 0 Å². The van der Waals surface area contributed by atoms with Crippen molar-refractivity contribution < 1.29 is 18.0 Å². The van der Waals surface area contributed by atoms with Crippen molar-refractivity contribution in [1.29, 1.82) is 0 Å². The number of rotatable bonds is 5. The molecule has 0 aliphatic heterocycles. The van der Waals surface area contributed by atoms with Gasteiger partial charge in [0.1, 0.15) is 22.9 Å². The summed E-state index contributed by atoms with van der Waals surface area (Å²) in [6.07, 6.45) is 3.09. The minimum atomic E-state index is -0.423. The third-order valence-corrected chi connectivity index (χ3v) is 4.46. The van der Waals surface area contributed by atoms with E-state index in [2.05, 4.69) is 5.32 Å². The summed E-state index contributed by atoms with van der Waals surface area (Å²) in [5, 5.41) is 2.94. The maximum atomic E-state index is 13.4. The molecule has 3 aromatic heterocycles. The molecule has 7 heteroatoms. The number of furan rings is 2. The zero-order chi connectivity index (χ0) is 19.7. The summed E-state index contributed by atoms with van der Waals surface area (Å²) in [5.74, 6) is 0.159. The first-order valence-electron chi connectivity index (χ1n) is 8.70. The first kappa shape index (κ1) is 17.8. The quantitative estimate of drug-likeness (QED) is 0.574. The van der Waals surface area contributed by atoms with Crippen molar-refractivity contribution in [1.82, 2.24) is 9.88 Å². The number of carbonyl (C=O) groups excluding carboxylic acids is 1. The average Bonchev–Trinajstić information content (AvgIpc) is 3.29. The number of halogens is 1. The van der Waals surface area contributed by atoms with Gasteiger partial charge in [-0.15, -0.1) is 0 Å². The Morgan fingerprint density at radius 1 is 1.21 bits per heavy atom. The first-order valence-corrected chi connectivity index (χ1v) is 8.70. The Morgan fingerprint density at radius 3 is 2.82 bits per heavy atom. The third kappa shape index (κ3) is 3.34. The van der Waals surface area contributed by atoms with Crippen molar-refractivity contribution in [3.05, 3.63) is 93.7 Å². The maximum Gasteiger partial charge on any atom is 0.262 e. The molecule has 0 fully saturated rings. The van der Waals surface area contributed by atoms with Gasteiger partial charge < -0.3 is 18.7 Å². The number of hydrogen-bond donors (Lipinski definition) is 1. The van der Waals surface area contributed by atoms with Crippen molar-refractivity contribution in [2.45, 2.75) is 20.0 Å². The molecule has 0 radical (unpaired) electrons. The van der Waals surface area contributed by atoms with Crippen molar-refractivity contribution in [3.8, 4) is 0 Å². The molecule has 1 amide bonds. The predicted molar refractivity (Wildman–Crippen MR) is 101 cm³/mol. The second-order valence-corrected chi connectivity index (χ2v) is 6.41. The van der Waals surface area contributed by atoms with Crippen LogP contribution < -0.4 is 10.9 Å². The Kier molecular flexibility index (Phi) is 4.57. The van der Waals surface area contributed by atoms with Crippen LogP contribution in [0.4, 0.5) is 4.39 Å². The summed E-state index contributed by atoms with van der Waals surface area (Å²) in [6, 6.07) is 11.1. The minimum Gasteiger partial charge on any atom is -0.467 e. The zero-order valence-corrected chi connectivity index (χ0v) is 15.1. The highest BCUT2D eigenvalue weighted by Crippen LogP contribution is 2.23. The number of carbonyl (C=O) groups is 1. The monoisotopic (exact) mass is 380 g/mol. The van der Waals surface area contributed by atoms with E-state index in [-0.39, 0.29) is 35.4 Å². The Bertz CT molecular complexity index is 1210. The predicted octanol–water partition coefficient (Wildman–Crippen LogP) is 3.61. The molecule has 4 aromatic rings. The van der Waals surface area contributed by atoms with E-state index in [1.807, 2.05) is 0 Å². The molecule has 0 unspecified atom stereocenters. The fourth-order valence-corrected chi connectivity index (χ4v) is 3.16. The molecule has 0 bridgehead atoms. The van der Waals surface area contributed by atoms with Crippen LogP contribution in [0.3, 0.4) is 0 Å². The van der Waals surface area contributed by atoms with Crippen LogP contribution in [0.1, 0.15) is 27.4 Å². The Hall–Kier alpha value is -3.61. The number of nitrogens with one attached hydrogen (secondary N) is 1. The van der Waals surface area contributed by atoms with Crippen LogP contribution in [0.15, 0.2) is 68.6 Å². The summed E-state index contributed by atoms with van der Waals surface area (Å²) < 4.78 is 25.7. The van der Waals surface area contributed by atoms with Gasteiger partial charge in [0.15, 0.2) is 0 Å². The van der Waals surface area contributed by atoms with Gasteiger partial charge in [-0.1, -0.05) is 12.1 Å². The van der Waals surface area contributed by atoms with Gasteiger partial charge in [0.2, 0.25) is 0 Å². The summed E-state index contributed by atoms with van der Waals surface area (Å²) in [6.45, 7) is 2.02. The van der Waals surface area contributed by atoms with Crippen LogP contribution in [0.25, 0.3) is 11.0 Å². The van der Waals surface area contributed by atoms with Gasteiger partial charge in [0.25, 0.3) is 11.5 Å². The molecule has 0 saturated heterocycles. The third-order valence-electron chi connectivity index (χ3n) is 4.46. The molecule has 0 aliphatic carbocycles. The Balaban J connectivity index is 1.69. The largest absolute Gasteiger partial charge is 0.467 e. The number of nitrogens with zero attached hydrogens (tertiary/aromatic N) is 1. The highest BCUT2D eigenvalue weighted by molar-refractivity contribution is 6.06. The van der Waals surface area contributed by atoms with Crippen molar-refractivity contribution in [2.75, 3.05) is 0 Å². The fourth-order valence-electron chi connectivity index (χ4n) is 3.16. The highest BCUT2D eigenvalue weighted by Gasteiger charge is 2.22. The highest BCUT2D eigenvalue weighted by atomic mass is 19.1. The fraction of sp³-hybridized carbons (Fsp3) is 0.143. The van der Waals surface area contributed by atoms with Crippen LogP contribution in [-0.2, 0) is 13.1 Å². The molecular weight excluding hydrogens is 363 g/mol. The molecule has 28 heavy (non-hydrogen) atoms. The van der Waals surface area contributed by atoms with Gasteiger partial charge in [-0.05, 0) is 42.8 Å². The van der Waals surface area contributed by atoms with E-state index in [0.717, 1.165) is 0 Å². The molecular formula is C21H17FN2O4. The molecule has 1 aromatic carbocycles. The number of aryl methyl sites for hydroxylation is 1. The number of pyridine rings is 1. The van der Waals surface area contributed by atoms with E-state index in [9.17, 15) is 14.0 Å². The Labute approximate surface area is 159 Å². The smallest absolute Gasteiger partial charge is 0.262 e. The number of benzene rings is 1. The molecule has 0 atom stereocenters. The van der Waals surface area contributed by atoms with E-state index in [4.69, 9.17) is 8.83 Å². The number of amides is 1. The van der Waals surface area contributed by atoms with Gasteiger partial charge in [0, 0.05) is 6.20 Å². The van der Waals surface area contributed by atoms with Gasteiger partial charge in [-0.2, -0.15) is 0 Å². The molecule has 0 aliphatic rings. The van der Waals surface area contributed by atoms with Crippen molar-refractivity contribution in [2.24, 2.45) is 0 Å². The minimum absolute atomic E-state index is 0.185. The van der Waals surface area contributed by atoms with Crippen LogP contribution in [-0.4, -0.2) is 10.5 Å². The normalized spacial score (nSPS) is 11.1. The lowest BCUT2D eigenvalue weighted by atomic mass is 10.1. The molecule has 0 saturated carbocycles. The van der Waals surface area contributed by atoms with Gasteiger partial charge in [-0.25, -0.2) is 4.39 Å². The molecule has 142 valence electrons. The van der Waals surface area contributed by atoms with E-state index in [0.29, 0.717) is 22.7 Å². The first-order chi connectivity index (χ1) is 13.5. The van der Waals surface area contributed by atoms with E-state index in [1.54, 1.807) is 43.5 Å². The van der Waals surface area contributed by atoms with Crippen LogP contribution in [0, 0.1) is 12.7 Å². The van der Waals surface area contributed by atoms with Crippen LogP contribution >= 0.6 is 0 Å². The second-order valence-electron chi connectivity index (χ2n) is 6.41. The van der Waals surface area contributed by atoms with E-state index < -0.39 is 5.91 Å². The average molecular weight is 380 g/mol. The van der Waals surface area contributed by atoms with Crippen molar-refractivity contribution in [3.63, 3.8) is 0 Å². The number of hydrogen-bond acceptors (Lipinski definition) is 4. The number of fused-ring (bicyclic) bond motifs is 1. The summed E-state index contributed by atoms with van der Waals surface area (Å²) >= 11 is 0. The molecule has 3 heterocycles.